The van der Waals surface area contributed by atoms with Gasteiger partial charge in [0.05, 0.1) is 13.2 Å². The van der Waals surface area contributed by atoms with E-state index >= 15 is 0 Å². The Kier molecular flexibility index (Phi) is 6.78. The maximum atomic E-state index is 5.72. The van der Waals surface area contributed by atoms with Crippen LogP contribution >= 0.6 is 0 Å². The van der Waals surface area contributed by atoms with Crippen molar-refractivity contribution < 1.29 is 9.47 Å². The first-order chi connectivity index (χ1) is 10.4. The number of nitrogens with one attached hydrogen (secondary N) is 1. The standard InChI is InChI=1S/C18H23NO2/c1-19-12-11-16-7-5-6-8-17(16)15-20-13-14-21-18-9-3-2-4-10-18/h2-10,19H,11-15H2,1H3. The predicted octanol–water partition coefficient (Wildman–Crippen LogP) is 3.04. The zero-order valence-corrected chi connectivity index (χ0v) is 12.5. The average Bonchev–Trinajstić information content (AvgIpc) is 2.54. The molecule has 2 rings (SSSR count). The van der Waals surface area contributed by atoms with Crippen LogP contribution in [0.2, 0.25) is 0 Å². The van der Waals surface area contributed by atoms with E-state index in [0.717, 1.165) is 18.7 Å². The number of para-hydroxylation sites is 1. The highest BCUT2D eigenvalue weighted by Crippen LogP contribution is 2.11. The van der Waals surface area contributed by atoms with Crippen molar-refractivity contribution in [2.45, 2.75) is 13.0 Å². The van der Waals surface area contributed by atoms with Crippen molar-refractivity contribution in [3.05, 3.63) is 65.7 Å². The van der Waals surface area contributed by atoms with Crippen molar-refractivity contribution in [1.29, 1.82) is 0 Å². The van der Waals surface area contributed by atoms with Gasteiger partial charge in [0.15, 0.2) is 0 Å². The van der Waals surface area contributed by atoms with E-state index in [1.54, 1.807) is 0 Å². The fourth-order valence-electron chi connectivity index (χ4n) is 2.12. The van der Waals surface area contributed by atoms with Crippen LogP contribution in [0.15, 0.2) is 54.6 Å². The van der Waals surface area contributed by atoms with Crippen LogP contribution in [0.1, 0.15) is 11.1 Å². The number of hydrogen-bond acceptors (Lipinski definition) is 3. The molecule has 3 heteroatoms. The van der Waals surface area contributed by atoms with Crippen molar-refractivity contribution >= 4 is 0 Å². The summed E-state index contributed by atoms with van der Waals surface area (Å²) in [6.45, 7) is 2.78. The molecule has 3 nitrogen and oxygen atoms in total. The fourth-order valence-corrected chi connectivity index (χ4v) is 2.12. The zero-order chi connectivity index (χ0) is 14.8. The summed E-state index contributed by atoms with van der Waals surface area (Å²) in [4.78, 5) is 0. The summed E-state index contributed by atoms with van der Waals surface area (Å²) in [5.74, 6) is 0.885. The Morgan fingerprint density at radius 3 is 2.33 bits per heavy atom. The van der Waals surface area contributed by atoms with E-state index in [0.29, 0.717) is 19.8 Å². The highest BCUT2D eigenvalue weighted by Gasteiger charge is 2.01. The lowest BCUT2D eigenvalue weighted by Crippen LogP contribution is -2.12. The summed E-state index contributed by atoms with van der Waals surface area (Å²) in [6.07, 6.45) is 1.02. The molecule has 0 heterocycles. The molecule has 1 N–H and O–H groups in total. The molecule has 0 aliphatic rings. The van der Waals surface area contributed by atoms with E-state index in [9.17, 15) is 0 Å². The van der Waals surface area contributed by atoms with Crippen LogP contribution in [-0.2, 0) is 17.8 Å². The Balaban J connectivity index is 1.71. The smallest absolute Gasteiger partial charge is 0.119 e. The Labute approximate surface area is 126 Å². The van der Waals surface area contributed by atoms with Gasteiger partial charge in [-0.3, -0.25) is 0 Å². The summed E-state index contributed by atoms with van der Waals surface area (Å²) >= 11 is 0. The van der Waals surface area contributed by atoms with Crippen LogP contribution in [0.3, 0.4) is 0 Å². The fraction of sp³-hybridized carbons (Fsp3) is 0.333. The quantitative estimate of drug-likeness (QED) is 0.718. The summed E-state index contributed by atoms with van der Waals surface area (Å²) in [5.41, 5.74) is 2.60. The third-order valence-electron chi connectivity index (χ3n) is 3.26. The molecule has 0 spiro atoms. The third-order valence-corrected chi connectivity index (χ3v) is 3.26. The molecule has 0 fully saturated rings. The molecule has 0 amide bonds. The molecule has 0 aliphatic carbocycles. The lowest BCUT2D eigenvalue weighted by Gasteiger charge is -2.10. The lowest BCUT2D eigenvalue weighted by atomic mass is 10.1. The van der Waals surface area contributed by atoms with Crippen LogP contribution in [0.25, 0.3) is 0 Å². The summed E-state index contributed by atoms with van der Waals surface area (Å²) in [6, 6.07) is 18.2. The Hall–Kier alpha value is -1.84. The van der Waals surface area contributed by atoms with Gasteiger partial charge in [-0.05, 0) is 43.3 Å². The van der Waals surface area contributed by atoms with E-state index in [-0.39, 0.29) is 0 Å². The molecule has 0 unspecified atom stereocenters. The Bertz CT molecular complexity index is 514. The second kappa shape index (κ2) is 9.16. The first-order valence-corrected chi connectivity index (χ1v) is 7.37. The number of hydrogen-bond donors (Lipinski definition) is 1. The van der Waals surface area contributed by atoms with Crippen molar-refractivity contribution in [3.63, 3.8) is 0 Å². The first-order valence-electron chi connectivity index (χ1n) is 7.37. The minimum Gasteiger partial charge on any atom is -0.491 e. The molecule has 0 aromatic heterocycles. The molecular formula is C18H23NO2. The largest absolute Gasteiger partial charge is 0.491 e. The highest BCUT2D eigenvalue weighted by atomic mass is 16.5. The van der Waals surface area contributed by atoms with Crippen LogP contribution < -0.4 is 10.1 Å². The maximum Gasteiger partial charge on any atom is 0.119 e. The van der Waals surface area contributed by atoms with Gasteiger partial charge in [-0.2, -0.15) is 0 Å². The number of ether oxygens (including phenoxy) is 2. The number of rotatable bonds is 9. The summed E-state index contributed by atoms with van der Waals surface area (Å²) < 4.78 is 11.3. The predicted molar refractivity (Wildman–Crippen MR) is 85.7 cm³/mol. The third kappa shape index (κ3) is 5.58. The minimum atomic E-state index is 0.572. The van der Waals surface area contributed by atoms with Crippen molar-refractivity contribution in [2.24, 2.45) is 0 Å². The van der Waals surface area contributed by atoms with E-state index < -0.39 is 0 Å². The summed E-state index contributed by atoms with van der Waals surface area (Å²) in [7, 11) is 1.97. The van der Waals surface area contributed by atoms with Gasteiger partial charge in [0, 0.05) is 0 Å². The maximum absolute atomic E-state index is 5.72. The number of benzene rings is 2. The normalized spacial score (nSPS) is 10.5. The topological polar surface area (TPSA) is 30.5 Å². The molecule has 0 saturated heterocycles. The molecule has 21 heavy (non-hydrogen) atoms. The Morgan fingerprint density at radius 1 is 0.857 bits per heavy atom. The molecule has 0 atom stereocenters. The minimum absolute atomic E-state index is 0.572. The molecule has 0 saturated carbocycles. The molecule has 2 aromatic carbocycles. The lowest BCUT2D eigenvalue weighted by molar-refractivity contribution is 0.0885. The van der Waals surface area contributed by atoms with Crippen LogP contribution in [-0.4, -0.2) is 26.8 Å². The van der Waals surface area contributed by atoms with E-state index in [1.807, 2.05) is 37.4 Å². The van der Waals surface area contributed by atoms with Crippen LogP contribution in [0, 0.1) is 0 Å². The summed E-state index contributed by atoms with van der Waals surface area (Å²) in [5, 5.41) is 3.18. The second-order valence-electron chi connectivity index (χ2n) is 4.84. The molecule has 112 valence electrons. The monoisotopic (exact) mass is 285 g/mol. The number of likely N-dealkylation sites (N-methyl/N-ethyl adjacent to an activating group) is 1. The second-order valence-corrected chi connectivity index (χ2v) is 4.84. The van der Waals surface area contributed by atoms with E-state index in [1.165, 1.54) is 11.1 Å². The van der Waals surface area contributed by atoms with Gasteiger partial charge in [0.2, 0.25) is 0 Å². The first kappa shape index (κ1) is 15.5. The zero-order valence-electron chi connectivity index (χ0n) is 12.5. The van der Waals surface area contributed by atoms with Crippen LogP contribution in [0.4, 0.5) is 0 Å². The molecule has 0 bridgehead atoms. The Morgan fingerprint density at radius 2 is 1.57 bits per heavy atom. The van der Waals surface area contributed by atoms with Crippen molar-refractivity contribution in [1.82, 2.24) is 5.32 Å². The van der Waals surface area contributed by atoms with Gasteiger partial charge >= 0.3 is 0 Å². The molecule has 0 radical (unpaired) electrons. The van der Waals surface area contributed by atoms with E-state index in [4.69, 9.17) is 9.47 Å². The van der Waals surface area contributed by atoms with Crippen molar-refractivity contribution in [2.75, 3.05) is 26.8 Å². The molecular weight excluding hydrogens is 262 g/mol. The molecule has 0 aliphatic heterocycles. The highest BCUT2D eigenvalue weighted by molar-refractivity contribution is 5.26. The van der Waals surface area contributed by atoms with Crippen LogP contribution in [0.5, 0.6) is 5.75 Å². The SMILES string of the molecule is CNCCc1ccccc1COCCOc1ccccc1. The molecule has 2 aromatic rings. The van der Waals surface area contributed by atoms with Gasteiger partial charge in [-0.15, -0.1) is 0 Å². The van der Waals surface area contributed by atoms with Gasteiger partial charge in [-0.25, -0.2) is 0 Å². The van der Waals surface area contributed by atoms with Gasteiger partial charge in [-0.1, -0.05) is 42.5 Å². The van der Waals surface area contributed by atoms with Gasteiger partial charge < -0.3 is 14.8 Å². The van der Waals surface area contributed by atoms with Gasteiger partial charge in [0.1, 0.15) is 12.4 Å². The van der Waals surface area contributed by atoms with E-state index in [2.05, 4.69) is 29.6 Å². The average molecular weight is 285 g/mol. The van der Waals surface area contributed by atoms with Gasteiger partial charge in [0.25, 0.3) is 0 Å². The van der Waals surface area contributed by atoms with Crippen molar-refractivity contribution in [3.8, 4) is 5.75 Å².